The number of benzene rings is 1. The number of carbonyl (C=O) groups excluding carboxylic acids is 5. The zero-order valence-electron chi connectivity index (χ0n) is 18.0. The minimum absolute atomic E-state index is 0.00953. The summed E-state index contributed by atoms with van der Waals surface area (Å²) in [5, 5.41) is -0.239. The number of esters is 4. The van der Waals surface area contributed by atoms with Gasteiger partial charge in [0.1, 0.15) is 6.10 Å². The van der Waals surface area contributed by atoms with Crippen LogP contribution in [0.5, 0.6) is 0 Å². The van der Waals surface area contributed by atoms with Crippen LogP contribution in [-0.2, 0) is 42.9 Å². The summed E-state index contributed by atoms with van der Waals surface area (Å²) in [6.45, 7) is 4.69. The second-order valence-electron chi connectivity index (χ2n) is 6.84. The molecule has 0 N–H and O–H groups in total. The summed E-state index contributed by atoms with van der Waals surface area (Å²) in [6, 6.07) is 8.04. The molecule has 0 spiro atoms. The van der Waals surface area contributed by atoms with Gasteiger partial charge in [-0.3, -0.25) is 19.2 Å². The molecule has 2 rings (SSSR count). The molecule has 0 unspecified atom stereocenters. The average molecular weight is 468 g/mol. The van der Waals surface area contributed by atoms with Crippen molar-refractivity contribution in [2.24, 2.45) is 0 Å². The van der Waals surface area contributed by atoms with Crippen LogP contribution in [0.15, 0.2) is 30.3 Å². The van der Waals surface area contributed by atoms with Gasteiger partial charge in [0.15, 0.2) is 17.3 Å². The maximum absolute atomic E-state index is 12.7. The van der Waals surface area contributed by atoms with Gasteiger partial charge in [0.2, 0.25) is 12.4 Å². The molecule has 0 saturated carbocycles. The predicted molar refractivity (Wildman–Crippen MR) is 110 cm³/mol. The van der Waals surface area contributed by atoms with Crippen LogP contribution in [0, 0.1) is 0 Å². The van der Waals surface area contributed by atoms with Crippen molar-refractivity contribution in [2.45, 2.75) is 58.4 Å². The molecule has 32 heavy (non-hydrogen) atoms. The van der Waals surface area contributed by atoms with E-state index < -0.39 is 54.6 Å². The Bertz CT molecular complexity index is 855. The summed E-state index contributed by atoms with van der Waals surface area (Å²) in [4.78, 5) is 59.4. The van der Waals surface area contributed by atoms with Gasteiger partial charge in [-0.25, -0.2) is 4.79 Å². The first kappa shape index (κ1) is 25.3. The lowest BCUT2D eigenvalue weighted by atomic mass is 9.98. The summed E-state index contributed by atoms with van der Waals surface area (Å²) in [5.41, 5.74) is 0.221. The molecule has 1 heterocycles. The van der Waals surface area contributed by atoms with Gasteiger partial charge in [-0.1, -0.05) is 30.0 Å². The highest BCUT2D eigenvalue weighted by molar-refractivity contribution is 8.13. The van der Waals surface area contributed by atoms with Crippen molar-refractivity contribution in [1.29, 1.82) is 0 Å². The molecule has 1 aliphatic rings. The molecule has 0 amide bonds. The lowest BCUT2D eigenvalue weighted by molar-refractivity contribution is -0.289. The molecule has 1 saturated heterocycles. The fourth-order valence-corrected chi connectivity index (χ4v) is 3.69. The van der Waals surface area contributed by atoms with Gasteiger partial charge >= 0.3 is 23.9 Å². The van der Waals surface area contributed by atoms with Gasteiger partial charge in [0, 0.05) is 33.4 Å². The molecule has 0 bridgehead atoms. The summed E-state index contributed by atoms with van der Waals surface area (Å²) < 4.78 is 27.1. The molecule has 10 nitrogen and oxygen atoms in total. The quantitative estimate of drug-likeness (QED) is 0.427. The monoisotopic (exact) mass is 468 g/mol. The number of hydrogen-bond acceptors (Lipinski definition) is 11. The number of hydrogen-bond donors (Lipinski definition) is 0. The molecule has 0 aromatic heterocycles. The Kier molecular flexibility index (Phi) is 9.21. The number of thioether (sulfide) groups is 1. The molecule has 174 valence electrons. The molecule has 1 aromatic carbocycles. The molecule has 1 aromatic rings. The summed E-state index contributed by atoms with van der Waals surface area (Å²) >= 11 is 0.877. The Morgan fingerprint density at radius 2 is 1.34 bits per heavy atom. The van der Waals surface area contributed by atoms with Crippen LogP contribution in [0.3, 0.4) is 0 Å². The smallest absolute Gasteiger partial charge is 0.338 e. The van der Waals surface area contributed by atoms with Crippen LogP contribution >= 0.6 is 11.8 Å². The molecule has 1 aliphatic heterocycles. The van der Waals surface area contributed by atoms with Crippen molar-refractivity contribution >= 4 is 40.8 Å². The van der Waals surface area contributed by atoms with Crippen molar-refractivity contribution in [1.82, 2.24) is 0 Å². The Labute approximate surface area is 188 Å². The first-order valence-electron chi connectivity index (χ1n) is 9.65. The Morgan fingerprint density at radius 1 is 0.781 bits per heavy atom. The highest BCUT2D eigenvalue weighted by Gasteiger charge is 2.53. The van der Waals surface area contributed by atoms with Crippen molar-refractivity contribution in [3.63, 3.8) is 0 Å². The first-order chi connectivity index (χ1) is 15.1. The molecule has 0 aliphatic carbocycles. The van der Waals surface area contributed by atoms with E-state index in [1.807, 2.05) is 0 Å². The van der Waals surface area contributed by atoms with E-state index in [0.717, 1.165) is 32.5 Å². The van der Waals surface area contributed by atoms with E-state index in [9.17, 15) is 24.0 Å². The molecule has 1 fully saturated rings. The third-order valence-corrected chi connectivity index (χ3v) is 5.08. The standard InChI is InChI=1S/C21H24O10S/c1-11(22)27-18-17(31-20(26)15-8-6-5-7-9-15)16(10-32-14(4)25)30-21(29-13(3)24)19(18)28-12(2)23/h5-9,16-19,21H,10H2,1-4H3/t16-,17+,18+,19-,21+/m1/s1. The lowest BCUT2D eigenvalue weighted by Crippen LogP contribution is -2.62. The van der Waals surface area contributed by atoms with Crippen LogP contribution in [0.1, 0.15) is 38.1 Å². The fourth-order valence-electron chi connectivity index (χ4n) is 3.02. The van der Waals surface area contributed by atoms with Gasteiger partial charge in [-0.05, 0) is 12.1 Å². The average Bonchev–Trinajstić information content (AvgIpc) is 2.70. The Balaban J connectivity index is 2.45. The normalized spacial score (nSPS) is 24.7. The Morgan fingerprint density at radius 3 is 1.88 bits per heavy atom. The van der Waals surface area contributed by atoms with Gasteiger partial charge in [0.25, 0.3) is 0 Å². The van der Waals surface area contributed by atoms with Crippen molar-refractivity contribution in [3.05, 3.63) is 35.9 Å². The van der Waals surface area contributed by atoms with Gasteiger partial charge in [-0.2, -0.15) is 0 Å². The van der Waals surface area contributed by atoms with E-state index in [1.165, 1.54) is 19.1 Å². The number of carbonyl (C=O) groups is 5. The maximum atomic E-state index is 12.7. The van der Waals surface area contributed by atoms with Crippen LogP contribution in [-0.4, -0.2) is 65.5 Å². The summed E-state index contributed by atoms with van der Waals surface area (Å²) in [5.74, 6) is -3.02. The number of ether oxygens (including phenoxy) is 5. The molecule has 0 radical (unpaired) electrons. The van der Waals surface area contributed by atoms with Gasteiger partial charge < -0.3 is 23.7 Å². The largest absolute Gasteiger partial charge is 0.454 e. The lowest BCUT2D eigenvalue weighted by Gasteiger charge is -2.43. The highest BCUT2D eigenvalue weighted by atomic mass is 32.2. The third-order valence-electron chi connectivity index (χ3n) is 4.18. The molecule has 11 heteroatoms. The number of rotatable bonds is 7. The predicted octanol–water partition coefficient (Wildman–Crippen LogP) is 1.64. The van der Waals surface area contributed by atoms with E-state index in [0.29, 0.717) is 0 Å². The van der Waals surface area contributed by atoms with Crippen molar-refractivity contribution < 1.29 is 47.7 Å². The summed E-state index contributed by atoms with van der Waals surface area (Å²) in [6.07, 6.45) is -6.52. The van der Waals surface area contributed by atoms with E-state index in [1.54, 1.807) is 18.2 Å². The molecular weight excluding hydrogens is 444 g/mol. The fraction of sp³-hybridized carbons (Fsp3) is 0.476. The zero-order chi connectivity index (χ0) is 23.8. The van der Waals surface area contributed by atoms with Crippen molar-refractivity contribution in [3.8, 4) is 0 Å². The summed E-state index contributed by atoms with van der Waals surface area (Å²) in [7, 11) is 0. The zero-order valence-corrected chi connectivity index (χ0v) is 18.8. The third kappa shape index (κ3) is 7.34. The minimum Gasteiger partial charge on any atom is -0.454 e. The van der Waals surface area contributed by atoms with Gasteiger partial charge in [-0.15, -0.1) is 0 Å². The Hall–Kier alpha value is -2.92. The highest BCUT2D eigenvalue weighted by Crippen LogP contribution is 2.31. The van der Waals surface area contributed by atoms with Crippen molar-refractivity contribution in [2.75, 3.05) is 5.75 Å². The van der Waals surface area contributed by atoms with E-state index >= 15 is 0 Å². The maximum Gasteiger partial charge on any atom is 0.338 e. The van der Waals surface area contributed by atoms with Crippen LogP contribution in [0.4, 0.5) is 0 Å². The van der Waals surface area contributed by atoms with Gasteiger partial charge in [0.05, 0.1) is 5.56 Å². The van der Waals surface area contributed by atoms with Crippen LogP contribution in [0.25, 0.3) is 0 Å². The first-order valence-corrected chi connectivity index (χ1v) is 10.6. The molecular formula is C21H24O10S. The molecule has 5 atom stereocenters. The topological polar surface area (TPSA) is 132 Å². The van der Waals surface area contributed by atoms with Crippen LogP contribution < -0.4 is 0 Å². The minimum atomic E-state index is -1.45. The van der Waals surface area contributed by atoms with E-state index in [-0.39, 0.29) is 16.4 Å². The van der Waals surface area contributed by atoms with E-state index in [2.05, 4.69) is 0 Å². The van der Waals surface area contributed by atoms with E-state index in [4.69, 9.17) is 23.7 Å². The van der Waals surface area contributed by atoms with Crippen LogP contribution in [0.2, 0.25) is 0 Å². The SMILES string of the molecule is CC(=O)O[C@H]1O[C@H](CSC(C)=O)[C@H](OC(=O)c2ccccc2)[C@H](OC(C)=O)[C@H]1OC(C)=O. The second kappa shape index (κ2) is 11.6. The second-order valence-corrected chi connectivity index (χ2v) is 8.04.